The SMILES string of the molecule is CCOCc1cnc(Oc2ncc3c(c2F)-c2[nH]c4c(c2CC3)C(=O)NCC4)nc1Cl. The van der Waals surface area contributed by atoms with Crippen molar-refractivity contribution in [3.8, 4) is 23.1 Å². The summed E-state index contributed by atoms with van der Waals surface area (Å²) in [5.41, 5.74) is 4.63. The predicted octanol–water partition coefficient (Wildman–Crippen LogP) is 3.37. The Morgan fingerprint density at radius 3 is 2.87 bits per heavy atom. The van der Waals surface area contributed by atoms with Crippen molar-refractivity contribution in [1.29, 1.82) is 0 Å². The Morgan fingerprint density at radius 1 is 1.19 bits per heavy atom. The number of hydrogen-bond donors (Lipinski definition) is 2. The van der Waals surface area contributed by atoms with Crippen LogP contribution in [0.3, 0.4) is 0 Å². The van der Waals surface area contributed by atoms with Crippen molar-refractivity contribution in [1.82, 2.24) is 25.3 Å². The summed E-state index contributed by atoms with van der Waals surface area (Å²) in [6, 6.07) is -0.113. The zero-order valence-electron chi connectivity index (χ0n) is 16.7. The number of aryl methyl sites for hydroxylation is 1. The first-order valence-electron chi connectivity index (χ1n) is 10.0. The summed E-state index contributed by atoms with van der Waals surface area (Å²) >= 11 is 6.16. The first-order valence-corrected chi connectivity index (χ1v) is 10.4. The Morgan fingerprint density at radius 2 is 2.06 bits per heavy atom. The minimum Gasteiger partial charge on any atom is -0.402 e. The van der Waals surface area contributed by atoms with Gasteiger partial charge in [-0.1, -0.05) is 11.6 Å². The third-order valence-electron chi connectivity index (χ3n) is 5.47. The number of nitrogens with one attached hydrogen (secondary N) is 2. The molecule has 0 fully saturated rings. The van der Waals surface area contributed by atoms with E-state index in [0.717, 1.165) is 16.8 Å². The van der Waals surface area contributed by atoms with E-state index >= 15 is 4.39 Å². The van der Waals surface area contributed by atoms with E-state index < -0.39 is 5.82 Å². The molecule has 0 atom stereocenters. The lowest BCUT2D eigenvalue weighted by molar-refractivity contribution is 0.0945. The molecule has 3 aromatic rings. The molecule has 5 rings (SSSR count). The smallest absolute Gasteiger partial charge is 0.324 e. The Bertz CT molecular complexity index is 1200. The molecular formula is C21H19ClFN5O3. The summed E-state index contributed by atoms with van der Waals surface area (Å²) in [5.74, 6) is -1.00. The van der Waals surface area contributed by atoms with Gasteiger partial charge in [-0.2, -0.15) is 4.98 Å². The topological polar surface area (TPSA) is 102 Å². The van der Waals surface area contributed by atoms with Gasteiger partial charge in [-0.25, -0.2) is 14.4 Å². The molecule has 4 heterocycles. The average Bonchev–Trinajstić information content (AvgIpc) is 3.15. The highest BCUT2D eigenvalue weighted by Crippen LogP contribution is 2.40. The third-order valence-corrected chi connectivity index (χ3v) is 5.80. The van der Waals surface area contributed by atoms with Gasteiger partial charge in [0.1, 0.15) is 5.15 Å². The standard InChI is InChI=1S/C21H19ClFN5O3/c1-2-30-9-11-8-26-21(28-18(11)22)31-20-16(23)14-10(7-25-20)3-4-12-15-13(27-17(12)14)5-6-24-19(15)29/h7-8,27H,2-6,9H2,1H3,(H,24,29). The maximum Gasteiger partial charge on any atom is 0.324 e. The van der Waals surface area contributed by atoms with Gasteiger partial charge in [0.15, 0.2) is 5.82 Å². The number of hydrogen-bond acceptors (Lipinski definition) is 6. The van der Waals surface area contributed by atoms with Gasteiger partial charge in [-0.15, -0.1) is 0 Å². The van der Waals surface area contributed by atoms with Gasteiger partial charge in [0.25, 0.3) is 11.8 Å². The van der Waals surface area contributed by atoms with Gasteiger partial charge in [-0.3, -0.25) is 4.79 Å². The summed E-state index contributed by atoms with van der Waals surface area (Å²) in [7, 11) is 0. The molecular weight excluding hydrogens is 425 g/mol. The molecule has 0 spiro atoms. The number of amides is 1. The molecule has 10 heteroatoms. The number of aromatic nitrogens is 4. The van der Waals surface area contributed by atoms with Crippen LogP contribution in [0.5, 0.6) is 11.9 Å². The lowest BCUT2D eigenvalue weighted by Crippen LogP contribution is -2.32. The van der Waals surface area contributed by atoms with Crippen LogP contribution in [-0.4, -0.2) is 39.0 Å². The number of fused-ring (bicyclic) bond motifs is 5. The molecule has 1 aliphatic heterocycles. The molecule has 0 saturated carbocycles. The van der Waals surface area contributed by atoms with Crippen LogP contribution in [0.4, 0.5) is 4.39 Å². The molecule has 160 valence electrons. The number of carbonyl (C=O) groups excluding carboxylic acids is 1. The highest BCUT2D eigenvalue weighted by Gasteiger charge is 2.32. The summed E-state index contributed by atoms with van der Waals surface area (Å²) in [4.78, 5) is 27.9. The minimum atomic E-state index is -0.629. The van der Waals surface area contributed by atoms with Crippen molar-refractivity contribution in [2.24, 2.45) is 0 Å². The van der Waals surface area contributed by atoms with Crippen LogP contribution in [0.1, 0.15) is 39.7 Å². The minimum absolute atomic E-state index is 0.113. The number of pyridine rings is 1. The second kappa shape index (κ2) is 7.90. The summed E-state index contributed by atoms with van der Waals surface area (Å²) in [5, 5.41) is 3.02. The molecule has 2 N–H and O–H groups in total. The van der Waals surface area contributed by atoms with E-state index in [0.29, 0.717) is 54.8 Å². The van der Waals surface area contributed by atoms with Crippen LogP contribution in [0, 0.1) is 5.82 Å². The Balaban J connectivity index is 1.50. The fourth-order valence-corrected chi connectivity index (χ4v) is 4.20. The average molecular weight is 444 g/mol. The van der Waals surface area contributed by atoms with E-state index in [2.05, 4.69) is 25.3 Å². The number of aromatic amines is 1. The number of nitrogens with zero attached hydrogens (tertiary/aromatic N) is 3. The van der Waals surface area contributed by atoms with E-state index in [-0.39, 0.29) is 29.6 Å². The molecule has 0 radical (unpaired) electrons. The van der Waals surface area contributed by atoms with Gasteiger partial charge in [-0.05, 0) is 30.9 Å². The molecule has 1 amide bonds. The Labute approximate surface area is 182 Å². The van der Waals surface area contributed by atoms with Gasteiger partial charge in [0.2, 0.25) is 0 Å². The number of ether oxygens (including phenoxy) is 2. The maximum atomic E-state index is 15.5. The third kappa shape index (κ3) is 3.43. The summed E-state index contributed by atoms with van der Waals surface area (Å²) in [6.45, 7) is 3.23. The van der Waals surface area contributed by atoms with E-state index in [4.69, 9.17) is 21.1 Å². The highest BCUT2D eigenvalue weighted by atomic mass is 35.5. The molecule has 1 aliphatic carbocycles. The van der Waals surface area contributed by atoms with Crippen LogP contribution in [0.2, 0.25) is 5.15 Å². The second-order valence-corrected chi connectivity index (χ2v) is 7.68. The van der Waals surface area contributed by atoms with Crippen molar-refractivity contribution in [3.63, 3.8) is 0 Å². The lowest BCUT2D eigenvalue weighted by atomic mass is 9.88. The van der Waals surface area contributed by atoms with Crippen LogP contribution in [0.25, 0.3) is 11.3 Å². The summed E-state index contributed by atoms with van der Waals surface area (Å²) < 4.78 is 26.3. The monoisotopic (exact) mass is 443 g/mol. The molecule has 8 nitrogen and oxygen atoms in total. The summed E-state index contributed by atoms with van der Waals surface area (Å²) in [6.07, 6.45) is 4.97. The normalized spacial score (nSPS) is 14.5. The molecule has 0 unspecified atom stereocenters. The van der Waals surface area contributed by atoms with Crippen LogP contribution >= 0.6 is 11.6 Å². The molecule has 0 aromatic carbocycles. The zero-order chi connectivity index (χ0) is 21.5. The van der Waals surface area contributed by atoms with Crippen LogP contribution in [-0.2, 0) is 30.6 Å². The molecule has 31 heavy (non-hydrogen) atoms. The first-order chi connectivity index (χ1) is 15.1. The van der Waals surface area contributed by atoms with Gasteiger partial charge < -0.3 is 19.8 Å². The van der Waals surface area contributed by atoms with E-state index in [9.17, 15) is 4.79 Å². The van der Waals surface area contributed by atoms with E-state index in [1.807, 2.05) is 6.92 Å². The Kier molecular flexibility index (Phi) is 5.07. The number of rotatable bonds is 5. The zero-order valence-corrected chi connectivity index (χ0v) is 17.5. The molecule has 0 saturated heterocycles. The maximum absolute atomic E-state index is 15.5. The second-order valence-electron chi connectivity index (χ2n) is 7.32. The fraction of sp³-hybridized carbons (Fsp3) is 0.333. The van der Waals surface area contributed by atoms with E-state index in [1.54, 1.807) is 6.20 Å². The quantitative estimate of drug-likeness (QED) is 0.586. The van der Waals surface area contributed by atoms with Crippen LogP contribution < -0.4 is 10.1 Å². The largest absolute Gasteiger partial charge is 0.402 e. The van der Waals surface area contributed by atoms with E-state index in [1.165, 1.54) is 6.20 Å². The van der Waals surface area contributed by atoms with Crippen molar-refractivity contribution >= 4 is 17.5 Å². The van der Waals surface area contributed by atoms with Crippen molar-refractivity contribution < 1.29 is 18.7 Å². The van der Waals surface area contributed by atoms with Gasteiger partial charge in [0.05, 0.1) is 17.9 Å². The molecule has 2 aliphatic rings. The van der Waals surface area contributed by atoms with Gasteiger partial charge in [0, 0.05) is 48.8 Å². The highest BCUT2D eigenvalue weighted by molar-refractivity contribution is 6.30. The number of H-pyrrole nitrogens is 1. The number of carbonyl (C=O) groups is 1. The first kappa shape index (κ1) is 19.9. The van der Waals surface area contributed by atoms with Crippen molar-refractivity contribution in [3.05, 3.63) is 51.3 Å². The van der Waals surface area contributed by atoms with Crippen molar-refractivity contribution in [2.45, 2.75) is 32.8 Å². The molecule has 3 aromatic heterocycles. The molecule has 0 bridgehead atoms. The van der Waals surface area contributed by atoms with Gasteiger partial charge >= 0.3 is 6.01 Å². The predicted molar refractivity (Wildman–Crippen MR) is 110 cm³/mol. The fourth-order valence-electron chi connectivity index (χ4n) is 4.02. The van der Waals surface area contributed by atoms with Crippen molar-refractivity contribution in [2.75, 3.05) is 13.2 Å². The van der Waals surface area contributed by atoms with Crippen LogP contribution in [0.15, 0.2) is 12.4 Å². The Hall–Kier alpha value is -3.04. The lowest BCUT2D eigenvalue weighted by Gasteiger charge is -2.19. The number of halogens is 2.